The van der Waals surface area contributed by atoms with E-state index in [0.29, 0.717) is 5.56 Å². The molecule has 3 heteroatoms. The normalized spacial score (nSPS) is 10.8. The van der Waals surface area contributed by atoms with E-state index < -0.39 is 0 Å². The van der Waals surface area contributed by atoms with Gasteiger partial charge in [0.2, 0.25) is 0 Å². The molecule has 0 spiro atoms. The van der Waals surface area contributed by atoms with E-state index in [1.807, 2.05) is 18.2 Å². The lowest BCUT2D eigenvalue weighted by Gasteiger charge is -2.00. The van der Waals surface area contributed by atoms with Crippen LogP contribution in [0.25, 0.3) is 12.2 Å². The Labute approximate surface area is 114 Å². The van der Waals surface area contributed by atoms with Gasteiger partial charge in [-0.05, 0) is 24.5 Å². The highest BCUT2D eigenvalue weighted by molar-refractivity contribution is 5.65. The predicted octanol–water partition coefficient (Wildman–Crippen LogP) is 5.22. The summed E-state index contributed by atoms with van der Waals surface area (Å²) in [5.41, 5.74) is 1.57. The molecular weight excluding hydrogens is 238 g/mol. The second kappa shape index (κ2) is 8.25. The summed E-state index contributed by atoms with van der Waals surface area (Å²) in [5.74, 6) is 0. The fourth-order valence-electron chi connectivity index (χ4n) is 1.89. The van der Waals surface area contributed by atoms with Crippen molar-refractivity contribution < 1.29 is 4.92 Å². The van der Waals surface area contributed by atoms with Crippen molar-refractivity contribution in [3.63, 3.8) is 0 Å². The lowest BCUT2D eigenvalue weighted by molar-refractivity contribution is -0.385. The molecule has 0 heterocycles. The van der Waals surface area contributed by atoms with Crippen LogP contribution in [0.5, 0.6) is 0 Å². The molecule has 0 aliphatic rings. The summed E-state index contributed by atoms with van der Waals surface area (Å²) >= 11 is 0. The van der Waals surface area contributed by atoms with Crippen LogP contribution < -0.4 is 0 Å². The van der Waals surface area contributed by atoms with Gasteiger partial charge in [0.15, 0.2) is 0 Å². The highest BCUT2D eigenvalue weighted by Crippen LogP contribution is 2.22. The molecule has 1 aromatic rings. The van der Waals surface area contributed by atoms with Crippen LogP contribution in [0.4, 0.5) is 5.69 Å². The van der Waals surface area contributed by atoms with Crippen molar-refractivity contribution in [3.8, 4) is 0 Å². The minimum atomic E-state index is -0.343. The Morgan fingerprint density at radius 1 is 1.32 bits per heavy atom. The molecule has 0 unspecified atom stereocenters. The summed E-state index contributed by atoms with van der Waals surface area (Å²) < 4.78 is 0. The Morgan fingerprint density at radius 3 is 2.74 bits per heavy atom. The van der Waals surface area contributed by atoms with Crippen molar-refractivity contribution in [1.82, 2.24) is 0 Å². The van der Waals surface area contributed by atoms with Crippen molar-refractivity contribution in [2.24, 2.45) is 0 Å². The number of hydrogen-bond donors (Lipinski definition) is 0. The number of nitro groups is 1. The van der Waals surface area contributed by atoms with E-state index in [-0.39, 0.29) is 10.6 Å². The predicted molar refractivity (Wildman–Crippen MR) is 81.0 cm³/mol. The van der Waals surface area contributed by atoms with Gasteiger partial charge in [-0.1, -0.05) is 57.1 Å². The highest BCUT2D eigenvalue weighted by Gasteiger charge is 2.11. The van der Waals surface area contributed by atoms with Gasteiger partial charge in [-0.3, -0.25) is 10.1 Å². The van der Waals surface area contributed by atoms with Gasteiger partial charge in [0.1, 0.15) is 0 Å². The quantitative estimate of drug-likeness (QED) is 0.365. The molecular formula is C16H21NO2. The first-order valence-electron chi connectivity index (χ1n) is 6.76. The molecule has 0 aliphatic carbocycles. The molecule has 0 saturated carbocycles. The molecule has 3 nitrogen and oxygen atoms in total. The van der Waals surface area contributed by atoms with Gasteiger partial charge in [0.05, 0.1) is 10.5 Å². The van der Waals surface area contributed by atoms with Crippen LogP contribution in [0, 0.1) is 10.1 Å². The van der Waals surface area contributed by atoms with E-state index in [9.17, 15) is 10.1 Å². The van der Waals surface area contributed by atoms with Crippen LogP contribution in [0.15, 0.2) is 30.9 Å². The largest absolute Gasteiger partial charge is 0.277 e. The smallest absolute Gasteiger partial charge is 0.258 e. The van der Waals surface area contributed by atoms with Crippen LogP contribution in [0.1, 0.15) is 50.2 Å². The van der Waals surface area contributed by atoms with Crippen LogP contribution in [-0.2, 0) is 0 Å². The van der Waals surface area contributed by atoms with E-state index in [2.05, 4.69) is 13.5 Å². The zero-order valence-corrected chi connectivity index (χ0v) is 11.5. The van der Waals surface area contributed by atoms with Crippen molar-refractivity contribution in [3.05, 3.63) is 52.1 Å². The van der Waals surface area contributed by atoms with E-state index >= 15 is 0 Å². The lowest BCUT2D eigenvalue weighted by atomic mass is 10.1. The zero-order chi connectivity index (χ0) is 14.1. The summed E-state index contributed by atoms with van der Waals surface area (Å²) in [6.45, 7) is 5.81. The molecule has 1 rings (SSSR count). The summed E-state index contributed by atoms with van der Waals surface area (Å²) in [6, 6.07) is 5.18. The van der Waals surface area contributed by atoms with E-state index in [0.717, 1.165) is 18.4 Å². The molecule has 102 valence electrons. The maximum absolute atomic E-state index is 11.0. The van der Waals surface area contributed by atoms with Gasteiger partial charge in [-0.2, -0.15) is 0 Å². The minimum absolute atomic E-state index is 0.141. The molecule has 0 bridgehead atoms. The first-order valence-corrected chi connectivity index (χ1v) is 6.76. The molecule has 1 aromatic carbocycles. The topological polar surface area (TPSA) is 43.1 Å². The Hall–Kier alpha value is -1.90. The van der Waals surface area contributed by atoms with Crippen LogP contribution in [-0.4, -0.2) is 4.92 Å². The Morgan fingerprint density at radius 2 is 2.11 bits per heavy atom. The van der Waals surface area contributed by atoms with Crippen molar-refractivity contribution in [2.45, 2.75) is 39.0 Å². The average Bonchev–Trinajstić information content (AvgIpc) is 2.42. The van der Waals surface area contributed by atoms with E-state index in [1.54, 1.807) is 18.2 Å². The first kappa shape index (κ1) is 15.2. The van der Waals surface area contributed by atoms with Crippen LogP contribution in [0.3, 0.4) is 0 Å². The second-order valence-electron chi connectivity index (χ2n) is 4.53. The molecule has 19 heavy (non-hydrogen) atoms. The lowest BCUT2D eigenvalue weighted by Crippen LogP contribution is -1.92. The number of nitro benzene ring substituents is 1. The van der Waals surface area contributed by atoms with Gasteiger partial charge in [0.25, 0.3) is 5.69 Å². The molecule has 0 N–H and O–H groups in total. The van der Waals surface area contributed by atoms with Gasteiger partial charge in [-0.15, -0.1) is 0 Å². The summed E-state index contributed by atoms with van der Waals surface area (Å²) in [7, 11) is 0. The molecule has 0 aromatic heterocycles. The van der Waals surface area contributed by atoms with E-state index in [4.69, 9.17) is 0 Å². The number of rotatable bonds is 8. The summed E-state index contributed by atoms with van der Waals surface area (Å²) in [6.07, 6.45) is 11.3. The molecule has 0 aliphatic heterocycles. The van der Waals surface area contributed by atoms with Crippen molar-refractivity contribution >= 4 is 17.8 Å². The van der Waals surface area contributed by atoms with Gasteiger partial charge >= 0.3 is 0 Å². The van der Waals surface area contributed by atoms with Crippen LogP contribution >= 0.6 is 0 Å². The second-order valence-corrected chi connectivity index (χ2v) is 4.53. The Kier molecular flexibility index (Phi) is 6.58. The SMILES string of the molecule is C=Cc1ccc(/C=C/CCCCCC)c([N+](=O)[O-])c1. The Bertz CT molecular complexity index is 464. The monoisotopic (exact) mass is 259 g/mol. The van der Waals surface area contributed by atoms with Gasteiger partial charge in [-0.25, -0.2) is 0 Å². The summed E-state index contributed by atoms with van der Waals surface area (Å²) in [4.78, 5) is 10.7. The number of unbranched alkanes of at least 4 members (excludes halogenated alkanes) is 4. The molecule has 0 atom stereocenters. The fraction of sp³-hybridized carbons (Fsp3) is 0.375. The maximum atomic E-state index is 11.0. The Balaban J connectivity index is 2.69. The molecule has 0 amide bonds. The number of benzene rings is 1. The van der Waals surface area contributed by atoms with E-state index in [1.165, 1.54) is 19.3 Å². The van der Waals surface area contributed by atoms with Crippen LogP contribution in [0.2, 0.25) is 0 Å². The first-order chi connectivity index (χ1) is 9.19. The third-order valence-electron chi connectivity index (χ3n) is 3.01. The fourth-order valence-corrected chi connectivity index (χ4v) is 1.89. The number of nitrogens with zero attached hydrogens (tertiary/aromatic N) is 1. The average molecular weight is 259 g/mol. The maximum Gasteiger partial charge on any atom is 0.277 e. The highest BCUT2D eigenvalue weighted by atomic mass is 16.6. The third kappa shape index (κ3) is 5.08. The zero-order valence-electron chi connectivity index (χ0n) is 11.5. The third-order valence-corrected chi connectivity index (χ3v) is 3.01. The van der Waals surface area contributed by atoms with Crippen molar-refractivity contribution in [1.29, 1.82) is 0 Å². The van der Waals surface area contributed by atoms with Crippen molar-refractivity contribution in [2.75, 3.05) is 0 Å². The summed E-state index contributed by atoms with van der Waals surface area (Å²) in [5, 5.41) is 11.0. The van der Waals surface area contributed by atoms with Gasteiger partial charge < -0.3 is 0 Å². The molecule has 0 fully saturated rings. The minimum Gasteiger partial charge on any atom is -0.258 e. The van der Waals surface area contributed by atoms with Gasteiger partial charge in [0, 0.05) is 6.07 Å². The number of allylic oxidation sites excluding steroid dienone is 1. The molecule has 0 saturated heterocycles. The number of hydrogen-bond acceptors (Lipinski definition) is 2. The standard InChI is InChI=1S/C16H21NO2/c1-3-5-6-7-8-9-10-15-12-11-14(4-2)13-16(15)17(18)19/h4,9-13H,2-3,5-8H2,1H3/b10-9+. The molecule has 0 radical (unpaired) electrons.